The van der Waals surface area contributed by atoms with Crippen molar-refractivity contribution in [1.29, 1.82) is 5.41 Å². The summed E-state index contributed by atoms with van der Waals surface area (Å²) < 4.78 is 68.2. The minimum atomic E-state index is -4.75. The summed E-state index contributed by atoms with van der Waals surface area (Å²) in [7, 11) is 0. The molecule has 0 aromatic heterocycles. The van der Waals surface area contributed by atoms with Gasteiger partial charge in [-0.25, -0.2) is 13.6 Å². The van der Waals surface area contributed by atoms with E-state index in [-0.39, 0.29) is 35.2 Å². The van der Waals surface area contributed by atoms with Crippen LogP contribution in [0.3, 0.4) is 0 Å². The van der Waals surface area contributed by atoms with Crippen LogP contribution in [0.4, 0.5) is 27.6 Å². The zero-order valence-corrected chi connectivity index (χ0v) is 18.8. The first-order valence-corrected chi connectivity index (χ1v) is 11.2. The molecule has 2 aliphatic rings. The molecular weight excluding hydrogens is 485 g/mol. The van der Waals surface area contributed by atoms with Crippen molar-refractivity contribution in [3.63, 3.8) is 0 Å². The largest absolute Gasteiger partial charge is 0.478 e. The Bertz CT molecular complexity index is 1260. The topological polar surface area (TPSA) is 102 Å². The van der Waals surface area contributed by atoms with Gasteiger partial charge in [0, 0.05) is 41.3 Å². The van der Waals surface area contributed by atoms with Crippen molar-refractivity contribution >= 4 is 29.4 Å². The summed E-state index contributed by atoms with van der Waals surface area (Å²) in [6.07, 6.45) is -0.149. The standard InChI is InChI=1S/C25H22F5N3O3/c26-19-7-15(25(28,29)30)3-4-18(19)24(5-6-24)23(36)33-16-8-17(22(34)35)21(20(27)9-16)14(10-31)12-32-11-13-1-2-13/h3-4,7-10,12-13,31-32H,1-2,5-6,11H2,(H,33,36)(H,34,35)/b14-12+,31-10?. The molecule has 190 valence electrons. The van der Waals surface area contributed by atoms with Crippen LogP contribution in [0, 0.1) is 23.0 Å². The number of carboxylic acid groups (broad SMARTS) is 1. The molecule has 2 aliphatic carbocycles. The van der Waals surface area contributed by atoms with Crippen LogP contribution < -0.4 is 10.6 Å². The average molecular weight is 507 g/mol. The molecule has 2 fully saturated rings. The number of alkyl halides is 3. The number of carbonyl (C=O) groups excluding carboxylic acids is 1. The Hall–Kier alpha value is -3.76. The molecule has 4 rings (SSSR count). The summed E-state index contributed by atoms with van der Waals surface area (Å²) in [4.78, 5) is 24.9. The van der Waals surface area contributed by atoms with Crippen molar-refractivity contribution in [3.05, 3.63) is 70.4 Å². The number of carbonyl (C=O) groups is 2. The van der Waals surface area contributed by atoms with Crippen molar-refractivity contribution in [2.45, 2.75) is 37.3 Å². The van der Waals surface area contributed by atoms with Crippen LogP contribution in [0.1, 0.15) is 52.7 Å². The van der Waals surface area contributed by atoms with Crippen molar-refractivity contribution in [1.82, 2.24) is 5.32 Å². The third-order valence-corrected chi connectivity index (χ3v) is 6.38. The molecule has 0 heterocycles. The Labute approximate surface area is 202 Å². The number of benzene rings is 2. The van der Waals surface area contributed by atoms with Crippen LogP contribution in [-0.4, -0.2) is 29.7 Å². The lowest BCUT2D eigenvalue weighted by atomic mass is 9.92. The van der Waals surface area contributed by atoms with Crippen molar-refractivity contribution in [2.75, 3.05) is 11.9 Å². The Kier molecular flexibility index (Phi) is 6.59. The minimum absolute atomic E-state index is 0.00563. The molecule has 6 nitrogen and oxygen atoms in total. The molecule has 0 radical (unpaired) electrons. The van der Waals surface area contributed by atoms with E-state index in [1.807, 2.05) is 0 Å². The van der Waals surface area contributed by atoms with E-state index in [1.165, 1.54) is 6.20 Å². The molecule has 36 heavy (non-hydrogen) atoms. The smallest absolute Gasteiger partial charge is 0.416 e. The lowest BCUT2D eigenvalue weighted by molar-refractivity contribution is -0.137. The summed E-state index contributed by atoms with van der Waals surface area (Å²) in [6, 6.07) is 3.83. The van der Waals surface area contributed by atoms with Crippen molar-refractivity contribution in [3.8, 4) is 0 Å². The number of amides is 1. The highest BCUT2D eigenvalue weighted by Gasteiger charge is 2.53. The first kappa shape index (κ1) is 25.3. The molecule has 0 spiro atoms. The lowest BCUT2D eigenvalue weighted by Gasteiger charge is -2.19. The zero-order valence-electron chi connectivity index (χ0n) is 18.8. The number of carboxylic acids is 1. The van der Waals surface area contributed by atoms with Crippen molar-refractivity contribution in [2.24, 2.45) is 5.92 Å². The van der Waals surface area contributed by atoms with E-state index >= 15 is 4.39 Å². The van der Waals surface area contributed by atoms with Gasteiger partial charge in [-0.1, -0.05) is 6.07 Å². The summed E-state index contributed by atoms with van der Waals surface area (Å²) in [5, 5.41) is 22.6. The fraction of sp³-hybridized carbons (Fsp3) is 0.320. The maximum absolute atomic E-state index is 15.1. The predicted octanol–water partition coefficient (Wildman–Crippen LogP) is 5.34. The summed E-state index contributed by atoms with van der Waals surface area (Å²) >= 11 is 0. The van der Waals surface area contributed by atoms with E-state index in [0.717, 1.165) is 37.3 Å². The SMILES string of the molecule is N=C/C(=C\NCC1CC1)c1c(F)cc(NC(=O)C2(c3ccc(C(F)(F)F)cc3F)CC2)cc1C(=O)O. The van der Waals surface area contributed by atoms with Gasteiger partial charge in [-0.3, -0.25) is 4.79 Å². The highest BCUT2D eigenvalue weighted by atomic mass is 19.4. The van der Waals surface area contributed by atoms with E-state index < -0.39 is 46.2 Å². The average Bonchev–Trinajstić information content (AvgIpc) is 3.71. The first-order chi connectivity index (χ1) is 17.0. The van der Waals surface area contributed by atoms with E-state index in [1.54, 1.807) is 0 Å². The molecule has 11 heteroatoms. The van der Waals surface area contributed by atoms with Gasteiger partial charge in [0.15, 0.2) is 0 Å². The molecule has 0 atom stereocenters. The van der Waals surface area contributed by atoms with Crippen LogP contribution in [0.2, 0.25) is 0 Å². The number of halogens is 5. The second-order valence-corrected chi connectivity index (χ2v) is 9.01. The van der Waals surface area contributed by atoms with E-state index in [4.69, 9.17) is 5.41 Å². The molecule has 4 N–H and O–H groups in total. The van der Waals surface area contributed by atoms with E-state index in [2.05, 4.69) is 10.6 Å². The van der Waals surface area contributed by atoms with Gasteiger partial charge in [0.1, 0.15) is 11.6 Å². The number of aromatic carboxylic acids is 1. The number of hydrogen-bond donors (Lipinski definition) is 4. The summed E-state index contributed by atoms with van der Waals surface area (Å²) in [5.41, 5.74) is -3.92. The van der Waals surface area contributed by atoms with Crippen LogP contribution in [0.5, 0.6) is 0 Å². The number of anilines is 1. The Morgan fingerprint density at radius 3 is 2.33 bits per heavy atom. The van der Waals surface area contributed by atoms with Crippen LogP contribution in [0.15, 0.2) is 36.5 Å². The number of allylic oxidation sites excluding steroid dienone is 1. The number of rotatable bonds is 9. The van der Waals surface area contributed by atoms with Gasteiger partial charge in [0.05, 0.1) is 16.5 Å². The maximum atomic E-state index is 15.1. The van der Waals surface area contributed by atoms with E-state index in [9.17, 15) is 32.3 Å². The Morgan fingerprint density at radius 2 is 1.81 bits per heavy atom. The van der Waals surface area contributed by atoms with Gasteiger partial charge in [-0.15, -0.1) is 0 Å². The third-order valence-electron chi connectivity index (χ3n) is 6.38. The monoisotopic (exact) mass is 507 g/mol. The Morgan fingerprint density at radius 1 is 1.11 bits per heavy atom. The normalized spacial score (nSPS) is 16.9. The molecule has 0 unspecified atom stereocenters. The Balaban J connectivity index is 1.60. The van der Waals surface area contributed by atoms with E-state index in [0.29, 0.717) is 24.6 Å². The summed E-state index contributed by atoms with van der Waals surface area (Å²) in [5.74, 6) is -3.99. The second-order valence-electron chi connectivity index (χ2n) is 9.01. The fourth-order valence-electron chi connectivity index (χ4n) is 4.06. The zero-order chi connectivity index (χ0) is 26.3. The predicted molar refractivity (Wildman–Crippen MR) is 122 cm³/mol. The van der Waals surface area contributed by atoms with Crippen LogP contribution in [-0.2, 0) is 16.4 Å². The molecule has 2 aromatic carbocycles. The maximum Gasteiger partial charge on any atom is 0.416 e. The minimum Gasteiger partial charge on any atom is -0.478 e. The molecule has 0 aliphatic heterocycles. The molecule has 0 saturated heterocycles. The van der Waals surface area contributed by atoms with Gasteiger partial charge in [0.2, 0.25) is 5.91 Å². The third kappa shape index (κ3) is 5.09. The lowest BCUT2D eigenvalue weighted by Crippen LogP contribution is -2.29. The van der Waals surface area contributed by atoms with Gasteiger partial charge in [0.25, 0.3) is 0 Å². The highest BCUT2D eigenvalue weighted by molar-refractivity contribution is 6.13. The summed E-state index contributed by atoms with van der Waals surface area (Å²) in [6.45, 7) is 0.609. The van der Waals surface area contributed by atoms with Crippen LogP contribution in [0.25, 0.3) is 5.57 Å². The molecule has 0 bridgehead atoms. The highest BCUT2D eigenvalue weighted by Crippen LogP contribution is 2.50. The number of hydrogen-bond acceptors (Lipinski definition) is 4. The van der Waals surface area contributed by atoms with Gasteiger partial charge < -0.3 is 21.1 Å². The first-order valence-electron chi connectivity index (χ1n) is 11.2. The quantitative estimate of drug-likeness (QED) is 0.272. The second kappa shape index (κ2) is 9.36. The van der Waals surface area contributed by atoms with Gasteiger partial charge >= 0.3 is 12.1 Å². The molecule has 1 amide bonds. The molecular formula is C25H22F5N3O3. The van der Waals surface area contributed by atoms with Crippen molar-refractivity contribution < 1.29 is 36.6 Å². The van der Waals surface area contributed by atoms with Gasteiger partial charge in [-0.2, -0.15) is 13.2 Å². The molecule has 2 saturated carbocycles. The van der Waals surface area contributed by atoms with Crippen LogP contribution >= 0.6 is 0 Å². The van der Waals surface area contributed by atoms with Gasteiger partial charge in [-0.05, 0) is 55.9 Å². The molecule has 2 aromatic rings. The number of nitrogens with one attached hydrogen (secondary N) is 3. The fourth-order valence-corrected chi connectivity index (χ4v) is 4.06.